The summed E-state index contributed by atoms with van der Waals surface area (Å²) in [5, 5.41) is 2.78. The highest BCUT2D eigenvalue weighted by molar-refractivity contribution is 6.09. The van der Waals surface area contributed by atoms with Crippen LogP contribution < -0.4 is 19.5 Å². The quantitative estimate of drug-likeness (QED) is 0.628. The molecular formula is C24H21NO5. The second-order valence-electron chi connectivity index (χ2n) is 6.77. The maximum atomic E-state index is 12.4. The van der Waals surface area contributed by atoms with Gasteiger partial charge in [0.1, 0.15) is 5.75 Å². The smallest absolute Gasteiger partial charge is 0.262 e. The molecule has 0 fully saturated rings. The van der Waals surface area contributed by atoms with Crippen molar-refractivity contribution in [1.29, 1.82) is 0 Å². The summed E-state index contributed by atoms with van der Waals surface area (Å²) in [4.78, 5) is 24.6. The van der Waals surface area contributed by atoms with Gasteiger partial charge in [-0.1, -0.05) is 30.3 Å². The molecule has 0 atom stereocenters. The lowest BCUT2D eigenvalue weighted by Gasteiger charge is -2.11. The largest absolute Gasteiger partial charge is 0.490 e. The van der Waals surface area contributed by atoms with Crippen LogP contribution in [-0.2, 0) is 4.79 Å². The molecule has 6 nitrogen and oxygen atoms in total. The van der Waals surface area contributed by atoms with Gasteiger partial charge in [0.15, 0.2) is 23.9 Å². The molecule has 1 heterocycles. The van der Waals surface area contributed by atoms with Crippen LogP contribution in [-0.4, -0.2) is 31.5 Å². The summed E-state index contributed by atoms with van der Waals surface area (Å²) in [6.45, 7) is 1.04. The van der Waals surface area contributed by atoms with Gasteiger partial charge >= 0.3 is 0 Å². The van der Waals surface area contributed by atoms with Crippen molar-refractivity contribution in [2.24, 2.45) is 0 Å². The highest BCUT2D eigenvalue weighted by atomic mass is 16.5. The lowest BCUT2D eigenvalue weighted by Crippen LogP contribution is -2.20. The number of rotatable bonds is 6. The minimum absolute atomic E-state index is 0.0608. The Morgan fingerprint density at radius 1 is 0.833 bits per heavy atom. The topological polar surface area (TPSA) is 73.9 Å². The molecule has 3 aromatic carbocycles. The normalized spacial score (nSPS) is 12.5. The zero-order chi connectivity index (χ0) is 20.8. The minimum Gasteiger partial charge on any atom is -0.490 e. The summed E-state index contributed by atoms with van der Waals surface area (Å²) in [5.74, 6) is 1.44. The van der Waals surface area contributed by atoms with E-state index in [1.165, 1.54) is 0 Å². The van der Waals surface area contributed by atoms with Crippen molar-refractivity contribution in [1.82, 2.24) is 0 Å². The maximum absolute atomic E-state index is 12.4. The Balaban J connectivity index is 1.32. The predicted octanol–water partition coefficient (Wildman–Crippen LogP) is 4.10. The van der Waals surface area contributed by atoms with Gasteiger partial charge in [0.05, 0.1) is 13.2 Å². The molecule has 0 saturated heterocycles. The maximum Gasteiger partial charge on any atom is 0.262 e. The van der Waals surface area contributed by atoms with Gasteiger partial charge < -0.3 is 19.5 Å². The third-order valence-corrected chi connectivity index (χ3v) is 4.55. The molecule has 1 N–H and O–H groups in total. The highest BCUT2D eigenvalue weighted by Crippen LogP contribution is 2.32. The minimum atomic E-state index is -0.297. The fourth-order valence-electron chi connectivity index (χ4n) is 3.05. The molecule has 4 rings (SSSR count). The summed E-state index contributed by atoms with van der Waals surface area (Å²) in [7, 11) is 0. The third-order valence-electron chi connectivity index (χ3n) is 4.55. The standard InChI is InChI=1S/C24H21NO5/c26-23(25-19-9-12-21-22(15-19)29-14-4-13-28-21)16-30-20-10-7-18(8-11-20)24(27)17-5-2-1-3-6-17/h1-3,5-12,15H,4,13-14,16H2,(H,25,26). The third kappa shape index (κ3) is 4.78. The molecule has 0 aliphatic carbocycles. The SMILES string of the molecule is O=C(COc1ccc(C(=O)c2ccccc2)cc1)Nc1ccc2c(c1)OCCCO2. The Morgan fingerprint density at radius 3 is 2.30 bits per heavy atom. The summed E-state index contributed by atoms with van der Waals surface area (Å²) in [5.41, 5.74) is 1.79. The number of fused-ring (bicyclic) bond motifs is 1. The number of hydrogen-bond acceptors (Lipinski definition) is 5. The lowest BCUT2D eigenvalue weighted by molar-refractivity contribution is -0.118. The second kappa shape index (κ2) is 9.13. The van der Waals surface area contributed by atoms with Crippen LogP contribution >= 0.6 is 0 Å². The Kier molecular flexibility index (Phi) is 5.94. The fourth-order valence-corrected chi connectivity index (χ4v) is 3.05. The molecule has 152 valence electrons. The van der Waals surface area contributed by atoms with Gasteiger partial charge in [0, 0.05) is 29.3 Å². The van der Waals surface area contributed by atoms with E-state index < -0.39 is 0 Å². The molecule has 1 aliphatic heterocycles. The van der Waals surface area contributed by atoms with E-state index in [0.717, 1.165) is 6.42 Å². The molecule has 0 saturated carbocycles. The second-order valence-corrected chi connectivity index (χ2v) is 6.77. The first-order valence-electron chi connectivity index (χ1n) is 9.71. The van der Waals surface area contributed by atoms with Crippen LogP contribution in [0.5, 0.6) is 17.2 Å². The van der Waals surface area contributed by atoms with Gasteiger partial charge in [-0.2, -0.15) is 0 Å². The number of carbonyl (C=O) groups is 2. The van der Waals surface area contributed by atoms with Crippen molar-refractivity contribution >= 4 is 17.4 Å². The molecule has 1 aliphatic rings. The van der Waals surface area contributed by atoms with E-state index in [0.29, 0.717) is 47.3 Å². The monoisotopic (exact) mass is 403 g/mol. The summed E-state index contributed by atoms with van der Waals surface area (Å²) >= 11 is 0. The van der Waals surface area contributed by atoms with Gasteiger partial charge in [0.2, 0.25) is 0 Å². The van der Waals surface area contributed by atoms with Crippen molar-refractivity contribution in [2.45, 2.75) is 6.42 Å². The Bertz CT molecular complexity index is 1030. The highest BCUT2D eigenvalue weighted by Gasteiger charge is 2.13. The number of ketones is 1. The first kappa shape index (κ1) is 19.5. The average Bonchev–Trinajstić information content (AvgIpc) is 3.03. The molecular weight excluding hydrogens is 382 g/mol. The Morgan fingerprint density at radius 2 is 1.53 bits per heavy atom. The van der Waals surface area contributed by atoms with E-state index in [1.54, 1.807) is 54.6 Å². The molecule has 1 amide bonds. The zero-order valence-electron chi connectivity index (χ0n) is 16.3. The van der Waals surface area contributed by atoms with Crippen molar-refractivity contribution in [3.05, 3.63) is 83.9 Å². The predicted molar refractivity (Wildman–Crippen MR) is 112 cm³/mol. The van der Waals surface area contributed by atoms with Gasteiger partial charge in [0.25, 0.3) is 5.91 Å². The number of nitrogens with one attached hydrogen (secondary N) is 1. The summed E-state index contributed by atoms with van der Waals surface area (Å²) < 4.78 is 16.7. The van der Waals surface area contributed by atoms with Gasteiger partial charge in [-0.3, -0.25) is 9.59 Å². The lowest BCUT2D eigenvalue weighted by atomic mass is 10.0. The number of amides is 1. The Labute approximate surface area is 174 Å². The fraction of sp³-hybridized carbons (Fsp3) is 0.167. The van der Waals surface area contributed by atoms with E-state index >= 15 is 0 Å². The number of ether oxygens (including phenoxy) is 3. The zero-order valence-corrected chi connectivity index (χ0v) is 16.3. The Hall–Kier alpha value is -3.80. The van der Waals surface area contributed by atoms with Crippen LogP contribution in [0.3, 0.4) is 0 Å². The van der Waals surface area contributed by atoms with Gasteiger partial charge in [-0.25, -0.2) is 0 Å². The number of benzene rings is 3. The van der Waals surface area contributed by atoms with Crippen LogP contribution in [0.15, 0.2) is 72.8 Å². The van der Waals surface area contributed by atoms with E-state index in [1.807, 2.05) is 18.2 Å². The van der Waals surface area contributed by atoms with Crippen LogP contribution in [0.1, 0.15) is 22.3 Å². The molecule has 0 unspecified atom stereocenters. The number of carbonyl (C=O) groups excluding carboxylic acids is 2. The van der Waals surface area contributed by atoms with E-state index in [-0.39, 0.29) is 18.3 Å². The van der Waals surface area contributed by atoms with Gasteiger partial charge in [-0.05, 0) is 36.4 Å². The van der Waals surface area contributed by atoms with E-state index in [9.17, 15) is 9.59 Å². The van der Waals surface area contributed by atoms with Gasteiger partial charge in [-0.15, -0.1) is 0 Å². The number of hydrogen-bond donors (Lipinski definition) is 1. The summed E-state index contributed by atoms with van der Waals surface area (Å²) in [6.07, 6.45) is 0.819. The van der Waals surface area contributed by atoms with Crippen molar-refractivity contribution in [3.8, 4) is 17.2 Å². The average molecular weight is 403 g/mol. The molecule has 0 radical (unpaired) electrons. The van der Waals surface area contributed by atoms with Crippen molar-refractivity contribution in [3.63, 3.8) is 0 Å². The first-order valence-corrected chi connectivity index (χ1v) is 9.71. The van der Waals surface area contributed by atoms with Crippen LogP contribution in [0.4, 0.5) is 5.69 Å². The van der Waals surface area contributed by atoms with Crippen LogP contribution in [0.25, 0.3) is 0 Å². The van der Waals surface area contributed by atoms with Crippen molar-refractivity contribution in [2.75, 3.05) is 25.1 Å². The molecule has 0 aromatic heterocycles. The molecule has 0 bridgehead atoms. The molecule has 30 heavy (non-hydrogen) atoms. The first-order chi connectivity index (χ1) is 14.7. The summed E-state index contributed by atoms with van der Waals surface area (Å²) in [6, 6.07) is 21.1. The number of anilines is 1. The molecule has 6 heteroatoms. The van der Waals surface area contributed by atoms with E-state index in [2.05, 4.69) is 5.32 Å². The van der Waals surface area contributed by atoms with Crippen LogP contribution in [0.2, 0.25) is 0 Å². The van der Waals surface area contributed by atoms with Crippen molar-refractivity contribution < 1.29 is 23.8 Å². The molecule has 0 spiro atoms. The van der Waals surface area contributed by atoms with Crippen LogP contribution in [0, 0.1) is 0 Å². The van der Waals surface area contributed by atoms with E-state index in [4.69, 9.17) is 14.2 Å². The molecule has 3 aromatic rings.